The van der Waals surface area contributed by atoms with E-state index in [2.05, 4.69) is 38.8 Å². The van der Waals surface area contributed by atoms with Crippen molar-refractivity contribution in [1.29, 1.82) is 0 Å². The zero-order valence-corrected chi connectivity index (χ0v) is 9.90. The average molecular weight is 235 g/mol. The smallest absolute Gasteiger partial charge is 0.0954 e. The molecule has 0 atom stereocenters. The molecule has 0 amide bonds. The Kier molecular flexibility index (Phi) is 2.88. The van der Waals surface area contributed by atoms with Gasteiger partial charge in [-0.05, 0) is 17.7 Å². The normalized spacial score (nSPS) is 10.4. The number of pyridine rings is 1. The summed E-state index contributed by atoms with van der Waals surface area (Å²) in [7, 11) is 0. The van der Waals surface area contributed by atoms with E-state index < -0.39 is 0 Å². The first-order chi connectivity index (χ1) is 8.93. The van der Waals surface area contributed by atoms with Crippen LogP contribution in [-0.4, -0.2) is 14.5 Å². The maximum absolute atomic E-state index is 4.23. The minimum atomic E-state index is 0.824. The van der Waals surface area contributed by atoms with Gasteiger partial charge in [-0.1, -0.05) is 30.3 Å². The summed E-state index contributed by atoms with van der Waals surface area (Å²) in [6, 6.07) is 14.4. The summed E-state index contributed by atoms with van der Waals surface area (Å²) in [5.41, 5.74) is 3.44. The number of aromatic nitrogens is 3. The molecule has 2 aromatic heterocycles. The van der Waals surface area contributed by atoms with Crippen molar-refractivity contribution in [3.63, 3.8) is 0 Å². The number of benzene rings is 1. The molecule has 0 radical (unpaired) electrons. The molecule has 0 aliphatic rings. The van der Waals surface area contributed by atoms with E-state index in [4.69, 9.17) is 0 Å². The van der Waals surface area contributed by atoms with Crippen molar-refractivity contribution in [2.45, 2.75) is 6.54 Å². The second-order valence-corrected chi connectivity index (χ2v) is 4.13. The van der Waals surface area contributed by atoms with Crippen LogP contribution in [0.25, 0.3) is 11.3 Å². The molecule has 0 spiro atoms. The van der Waals surface area contributed by atoms with Crippen LogP contribution in [0.1, 0.15) is 5.56 Å². The fraction of sp³-hybridized carbons (Fsp3) is 0.0667. The fourth-order valence-corrected chi connectivity index (χ4v) is 1.98. The van der Waals surface area contributed by atoms with Gasteiger partial charge < -0.3 is 4.57 Å². The summed E-state index contributed by atoms with van der Waals surface area (Å²) in [4.78, 5) is 8.38. The highest BCUT2D eigenvalue weighted by molar-refractivity contribution is 5.57. The van der Waals surface area contributed by atoms with Crippen LogP contribution in [0.2, 0.25) is 0 Å². The van der Waals surface area contributed by atoms with Crippen LogP contribution < -0.4 is 0 Å². The van der Waals surface area contributed by atoms with Crippen molar-refractivity contribution in [2.75, 3.05) is 0 Å². The van der Waals surface area contributed by atoms with Crippen molar-refractivity contribution in [2.24, 2.45) is 0 Å². The summed E-state index contributed by atoms with van der Waals surface area (Å²) in [6.07, 6.45) is 7.37. The van der Waals surface area contributed by atoms with Crippen LogP contribution in [0, 0.1) is 0 Å². The Labute approximate surface area is 106 Å². The highest BCUT2D eigenvalue weighted by atomic mass is 15.0. The quantitative estimate of drug-likeness (QED) is 0.698. The number of hydrogen-bond donors (Lipinski definition) is 0. The van der Waals surface area contributed by atoms with Crippen molar-refractivity contribution in [3.05, 3.63) is 72.9 Å². The van der Waals surface area contributed by atoms with E-state index in [1.54, 1.807) is 6.20 Å². The molecule has 0 N–H and O–H groups in total. The van der Waals surface area contributed by atoms with Gasteiger partial charge in [0.25, 0.3) is 0 Å². The van der Waals surface area contributed by atoms with E-state index >= 15 is 0 Å². The third-order valence-electron chi connectivity index (χ3n) is 2.87. The lowest BCUT2D eigenvalue weighted by atomic mass is 10.2. The molecule has 3 rings (SSSR count). The van der Waals surface area contributed by atoms with Gasteiger partial charge in [0.2, 0.25) is 0 Å². The zero-order chi connectivity index (χ0) is 12.2. The van der Waals surface area contributed by atoms with Crippen molar-refractivity contribution >= 4 is 0 Å². The predicted molar refractivity (Wildman–Crippen MR) is 71.0 cm³/mol. The molecule has 0 saturated heterocycles. The van der Waals surface area contributed by atoms with E-state index in [1.807, 2.05) is 36.9 Å². The molecule has 2 heterocycles. The Morgan fingerprint density at radius 3 is 2.56 bits per heavy atom. The average Bonchev–Trinajstić information content (AvgIpc) is 2.89. The van der Waals surface area contributed by atoms with Crippen LogP contribution in [0.3, 0.4) is 0 Å². The summed E-state index contributed by atoms with van der Waals surface area (Å²) in [5, 5.41) is 0. The maximum atomic E-state index is 4.23. The third-order valence-corrected chi connectivity index (χ3v) is 2.87. The van der Waals surface area contributed by atoms with E-state index in [1.165, 1.54) is 5.56 Å². The maximum Gasteiger partial charge on any atom is 0.0954 e. The van der Waals surface area contributed by atoms with Gasteiger partial charge in [-0.3, -0.25) is 4.98 Å². The second kappa shape index (κ2) is 4.84. The van der Waals surface area contributed by atoms with Crippen LogP contribution in [0.15, 0.2) is 67.4 Å². The Bertz CT molecular complexity index is 615. The molecule has 18 heavy (non-hydrogen) atoms. The van der Waals surface area contributed by atoms with E-state index in [-0.39, 0.29) is 0 Å². The first-order valence-corrected chi connectivity index (χ1v) is 5.88. The minimum absolute atomic E-state index is 0.824. The lowest BCUT2D eigenvalue weighted by Gasteiger charge is -2.07. The number of hydrogen-bond acceptors (Lipinski definition) is 2. The van der Waals surface area contributed by atoms with Gasteiger partial charge in [0.15, 0.2) is 0 Å². The zero-order valence-electron chi connectivity index (χ0n) is 9.90. The summed E-state index contributed by atoms with van der Waals surface area (Å²) in [6.45, 7) is 0.824. The number of rotatable bonds is 3. The molecule has 3 heteroatoms. The standard InChI is InChI=1S/C15H13N3/c1-2-5-13(6-3-1)11-18-12-17-10-15(18)14-7-4-8-16-9-14/h1-10,12H,11H2. The van der Waals surface area contributed by atoms with Gasteiger partial charge in [-0.25, -0.2) is 4.98 Å². The highest BCUT2D eigenvalue weighted by Crippen LogP contribution is 2.18. The predicted octanol–water partition coefficient (Wildman–Crippen LogP) is 2.99. The third kappa shape index (κ3) is 2.15. The highest BCUT2D eigenvalue weighted by Gasteiger charge is 2.05. The monoisotopic (exact) mass is 235 g/mol. The number of nitrogens with zero attached hydrogens (tertiary/aromatic N) is 3. The molecule has 0 unspecified atom stereocenters. The molecule has 0 fully saturated rings. The van der Waals surface area contributed by atoms with E-state index in [0.29, 0.717) is 0 Å². The number of imidazole rings is 1. The van der Waals surface area contributed by atoms with Crippen LogP contribution in [0.4, 0.5) is 0 Å². The first kappa shape index (κ1) is 10.7. The van der Waals surface area contributed by atoms with Gasteiger partial charge in [0, 0.05) is 24.5 Å². The second-order valence-electron chi connectivity index (χ2n) is 4.13. The molecule has 0 bridgehead atoms. The van der Waals surface area contributed by atoms with Crippen LogP contribution in [-0.2, 0) is 6.54 Å². The molecule has 0 saturated carbocycles. The van der Waals surface area contributed by atoms with Gasteiger partial charge >= 0.3 is 0 Å². The molecule has 3 aromatic rings. The first-order valence-electron chi connectivity index (χ1n) is 5.88. The lowest BCUT2D eigenvalue weighted by molar-refractivity contribution is 0.804. The lowest BCUT2D eigenvalue weighted by Crippen LogP contribution is -2.00. The Hall–Kier alpha value is -2.42. The van der Waals surface area contributed by atoms with E-state index in [0.717, 1.165) is 17.8 Å². The van der Waals surface area contributed by atoms with E-state index in [9.17, 15) is 0 Å². The largest absolute Gasteiger partial charge is 0.326 e. The van der Waals surface area contributed by atoms with Crippen molar-refractivity contribution in [3.8, 4) is 11.3 Å². The molecule has 3 nitrogen and oxygen atoms in total. The molecule has 0 aliphatic heterocycles. The summed E-state index contributed by atoms with van der Waals surface area (Å²) < 4.78 is 2.13. The topological polar surface area (TPSA) is 30.7 Å². The summed E-state index contributed by atoms with van der Waals surface area (Å²) in [5.74, 6) is 0. The van der Waals surface area contributed by atoms with Crippen molar-refractivity contribution < 1.29 is 0 Å². The van der Waals surface area contributed by atoms with Gasteiger partial charge in [-0.15, -0.1) is 0 Å². The van der Waals surface area contributed by atoms with Crippen molar-refractivity contribution in [1.82, 2.24) is 14.5 Å². The Morgan fingerprint density at radius 2 is 1.78 bits per heavy atom. The summed E-state index contributed by atoms with van der Waals surface area (Å²) >= 11 is 0. The Morgan fingerprint density at radius 1 is 0.889 bits per heavy atom. The van der Waals surface area contributed by atoms with Gasteiger partial charge in [0.1, 0.15) is 0 Å². The SMILES string of the molecule is c1ccc(Cn2cncc2-c2cccnc2)cc1. The minimum Gasteiger partial charge on any atom is -0.326 e. The molecule has 1 aromatic carbocycles. The Balaban J connectivity index is 1.93. The van der Waals surface area contributed by atoms with Crippen LogP contribution in [0.5, 0.6) is 0 Å². The van der Waals surface area contributed by atoms with Crippen LogP contribution >= 0.6 is 0 Å². The molecular formula is C15H13N3. The van der Waals surface area contributed by atoms with Gasteiger partial charge in [0.05, 0.1) is 18.2 Å². The fourth-order valence-electron chi connectivity index (χ4n) is 1.98. The molecular weight excluding hydrogens is 222 g/mol. The molecule has 88 valence electrons. The molecule has 0 aliphatic carbocycles. The van der Waals surface area contributed by atoms with Gasteiger partial charge in [-0.2, -0.15) is 0 Å².